The summed E-state index contributed by atoms with van der Waals surface area (Å²) in [6.07, 6.45) is 5.33. The molecular formula is C23H32BrNOS. The van der Waals surface area contributed by atoms with Crippen molar-refractivity contribution in [3.8, 4) is 0 Å². The van der Waals surface area contributed by atoms with E-state index in [0.29, 0.717) is 12.2 Å². The highest BCUT2D eigenvalue weighted by Crippen LogP contribution is 2.30. The van der Waals surface area contributed by atoms with Gasteiger partial charge in [0.15, 0.2) is 5.78 Å². The summed E-state index contributed by atoms with van der Waals surface area (Å²) in [5.74, 6) is 0.432. The molecule has 4 heteroatoms. The molecule has 1 unspecified atom stereocenters. The van der Waals surface area contributed by atoms with E-state index in [-0.39, 0.29) is 23.0 Å². The maximum atomic E-state index is 13.5. The summed E-state index contributed by atoms with van der Waals surface area (Å²) in [5.41, 5.74) is 5.13. The zero-order valence-corrected chi connectivity index (χ0v) is 19.2. The number of carbonyl (C=O) groups excluding carboxylic acids is 1. The highest BCUT2D eigenvalue weighted by Gasteiger charge is 2.41. The van der Waals surface area contributed by atoms with Crippen LogP contribution >= 0.6 is 11.3 Å². The van der Waals surface area contributed by atoms with Gasteiger partial charge in [0.25, 0.3) is 0 Å². The van der Waals surface area contributed by atoms with Gasteiger partial charge in [-0.05, 0) is 66.6 Å². The van der Waals surface area contributed by atoms with Crippen molar-refractivity contribution >= 4 is 17.1 Å². The van der Waals surface area contributed by atoms with E-state index in [9.17, 15) is 4.79 Å². The fourth-order valence-electron chi connectivity index (χ4n) is 4.81. The lowest BCUT2D eigenvalue weighted by atomic mass is 9.91. The number of halogens is 1. The largest absolute Gasteiger partial charge is 1.00 e. The van der Waals surface area contributed by atoms with Crippen LogP contribution in [-0.4, -0.2) is 29.4 Å². The van der Waals surface area contributed by atoms with Crippen LogP contribution in [0.2, 0.25) is 0 Å². The van der Waals surface area contributed by atoms with Crippen molar-refractivity contribution in [2.24, 2.45) is 0 Å². The normalized spacial score (nSPS) is 17.1. The number of Topliss-reactive ketones (excluding diaryl/α,β-unsaturated/α-hetero) is 1. The number of thiophene rings is 1. The summed E-state index contributed by atoms with van der Waals surface area (Å²) in [5, 5.41) is 4.42. The first kappa shape index (κ1) is 22.3. The SMILES string of the molecule is CCC(C(=O)Cc1c(C)cccc1C)[N+]1(Cc2ccsc2)CCCCC1.[Br-]. The standard InChI is InChI=1S/C23H32NOS.BrH/c1-4-22(23(25)15-21-18(2)9-8-10-19(21)3)24(12-6-5-7-13-24)16-20-11-14-26-17-20;/h8-11,14,17,22H,4-7,12-13,15-16H2,1-3H3;1H/q+1;/p-1. The molecule has 3 rings (SSSR count). The maximum Gasteiger partial charge on any atom is 0.194 e. The molecule has 27 heavy (non-hydrogen) atoms. The minimum Gasteiger partial charge on any atom is -1.00 e. The average molecular weight is 450 g/mol. The van der Waals surface area contributed by atoms with Gasteiger partial charge in [0.05, 0.1) is 13.1 Å². The lowest BCUT2D eigenvalue weighted by molar-refractivity contribution is -0.959. The van der Waals surface area contributed by atoms with E-state index in [2.05, 4.69) is 55.8 Å². The van der Waals surface area contributed by atoms with Gasteiger partial charge in [-0.3, -0.25) is 4.79 Å². The Morgan fingerprint density at radius 3 is 2.33 bits per heavy atom. The van der Waals surface area contributed by atoms with Crippen LogP contribution in [0.4, 0.5) is 0 Å². The van der Waals surface area contributed by atoms with E-state index in [4.69, 9.17) is 0 Å². The van der Waals surface area contributed by atoms with E-state index in [0.717, 1.165) is 30.5 Å². The molecule has 2 nitrogen and oxygen atoms in total. The Morgan fingerprint density at radius 2 is 1.78 bits per heavy atom. The molecule has 0 N–H and O–H groups in total. The first-order valence-electron chi connectivity index (χ1n) is 10.0. The van der Waals surface area contributed by atoms with Gasteiger partial charge in [-0.1, -0.05) is 25.1 Å². The molecule has 1 saturated heterocycles. The van der Waals surface area contributed by atoms with Crippen LogP contribution < -0.4 is 17.0 Å². The van der Waals surface area contributed by atoms with Crippen molar-refractivity contribution in [3.63, 3.8) is 0 Å². The smallest absolute Gasteiger partial charge is 0.194 e. The zero-order valence-electron chi connectivity index (χ0n) is 16.8. The Labute approximate surface area is 179 Å². The van der Waals surface area contributed by atoms with Crippen LogP contribution in [0.25, 0.3) is 0 Å². The number of ketones is 1. The second-order valence-corrected chi connectivity index (χ2v) is 8.73. The Bertz CT molecular complexity index is 715. The number of carbonyl (C=O) groups is 1. The topological polar surface area (TPSA) is 17.1 Å². The van der Waals surface area contributed by atoms with Gasteiger partial charge < -0.3 is 21.5 Å². The van der Waals surface area contributed by atoms with Gasteiger partial charge in [-0.15, -0.1) is 0 Å². The Hall–Kier alpha value is -0.970. The zero-order chi connectivity index (χ0) is 18.6. The highest BCUT2D eigenvalue weighted by molar-refractivity contribution is 7.07. The molecule has 1 aromatic heterocycles. The summed E-state index contributed by atoms with van der Waals surface area (Å²) in [6, 6.07) is 8.71. The van der Waals surface area contributed by atoms with E-state index < -0.39 is 0 Å². The molecule has 0 saturated carbocycles. The van der Waals surface area contributed by atoms with Crippen LogP contribution in [-0.2, 0) is 17.8 Å². The minimum absolute atomic E-state index is 0. The second-order valence-electron chi connectivity index (χ2n) is 7.95. The summed E-state index contributed by atoms with van der Waals surface area (Å²) in [4.78, 5) is 13.5. The highest BCUT2D eigenvalue weighted by atomic mass is 79.9. The molecule has 1 fully saturated rings. The number of nitrogens with zero attached hydrogens (tertiary/aromatic N) is 1. The van der Waals surface area contributed by atoms with Crippen molar-refractivity contribution in [2.45, 2.75) is 65.5 Å². The van der Waals surface area contributed by atoms with Crippen LogP contribution in [0.15, 0.2) is 35.0 Å². The third-order valence-corrected chi connectivity index (χ3v) is 6.93. The van der Waals surface area contributed by atoms with Crippen molar-refractivity contribution in [2.75, 3.05) is 13.1 Å². The molecule has 2 heterocycles. The third kappa shape index (κ3) is 5.10. The molecule has 0 radical (unpaired) electrons. The molecule has 0 amide bonds. The summed E-state index contributed by atoms with van der Waals surface area (Å²) < 4.78 is 0.969. The molecule has 1 aromatic carbocycles. The molecule has 2 aromatic rings. The van der Waals surface area contributed by atoms with E-state index in [1.807, 2.05) is 0 Å². The van der Waals surface area contributed by atoms with Gasteiger partial charge in [0.2, 0.25) is 0 Å². The third-order valence-electron chi connectivity index (χ3n) is 6.20. The molecule has 148 valence electrons. The fraction of sp³-hybridized carbons (Fsp3) is 0.522. The number of likely N-dealkylation sites (tertiary alicyclic amines) is 1. The van der Waals surface area contributed by atoms with E-state index in [1.54, 1.807) is 11.3 Å². The number of hydrogen-bond donors (Lipinski definition) is 0. The number of piperidine rings is 1. The monoisotopic (exact) mass is 449 g/mol. The summed E-state index contributed by atoms with van der Waals surface area (Å²) in [6.45, 7) is 9.77. The van der Waals surface area contributed by atoms with Crippen LogP contribution in [0, 0.1) is 13.8 Å². The Kier molecular flexibility index (Phi) is 8.26. The van der Waals surface area contributed by atoms with E-state index in [1.165, 1.54) is 41.5 Å². The summed E-state index contributed by atoms with van der Waals surface area (Å²) >= 11 is 1.77. The van der Waals surface area contributed by atoms with Gasteiger partial charge >= 0.3 is 0 Å². The average Bonchev–Trinajstić information content (AvgIpc) is 3.12. The molecule has 1 aliphatic rings. The molecule has 1 aliphatic heterocycles. The Morgan fingerprint density at radius 1 is 1.11 bits per heavy atom. The second kappa shape index (κ2) is 9.99. The van der Waals surface area contributed by atoms with Crippen molar-refractivity contribution in [1.29, 1.82) is 0 Å². The van der Waals surface area contributed by atoms with Gasteiger partial charge in [-0.2, -0.15) is 11.3 Å². The van der Waals surface area contributed by atoms with Crippen molar-refractivity contribution < 1.29 is 26.3 Å². The van der Waals surface area contributed by atoms with E-state index >= 15 is 0 Å². The molecule has 1 atom stereocenters. The van der Waals surface area contributed by atoms with Gasteiger partial charge in [0.1, 0.15) is 12.6 Å². The first-order chi connectivity index (χ1) is 12.6. The predicted molar refractivity (Wildman–Crippen MR) is 111 cm³/mol. The van der Waals surface area contributed by atoms with Crippen LogP contribution in [0.3, 0.4) is 0 Å². The lowest BCUT2D eigenvalue weighted by Gasteiger charge is -2.46. The van der Waals surface area contributed by atoms with Gasteiger partial charge in [-0.25, -0.2) is 0 Å². The molecule has 0 bridgehead atoms. The summed E-state index contributed by atoms with van der Waals surface area (Å²) in [7, 11) is 0. The number of rotatable bonds is 7. The van der Waals surface area contributed by atoms with Gasteiger partial charge in [0, 0.05) is 18.4 Å². The van der Waals surface area contributed by atoms with Crippen LogP contribution in [0.5, 0.6) is 0 Å². The number of hydrogen-bond acceptors (Lipinski definition) is 2. The number of aryl methyl sites for hydroxylation is 2. The minimum atomic E-state index is 0. The van der Waals surface area contributed by atoms with Crippen molar-refractivity contribution in [1.82, 2.24) is 0 Å². The number of benzene rings is 1. The first-order valence-corrected chi connectivity index (χ1v) is 10.9. The maximum absolute atomic E-state index is 13.5. The Balaban J connectivity index is 0.00000261. The molecular weight excluding hydrogens is 418 g/mol. The lowest BCUT2D eigenvalue weighted by Crippen LogP contribution is -3.00. The fourth-order valence-corrected chi connectivity index (χ4v) is 5.47. The quantitative estimate of drug-likeness (QED) is 0.593. The predicted octanol–water partition coefficient (Wildman–Crippen LogP) is 2.46. The van der Waals surface area contributed by atoms with Crippen LogP contribution in [0.1, 0.15) is 54.9 Å². The van der Waals surface area contributed by atoms with Crippen molar-refractivity contribution in [3.05, 3.63) is 57.3 Å². The number of quaternary nitrogens is 1. The molecule has 0 aliphatic carbocycles. The molecule has 0 spiro atoms.